The summed E-state index contributed by atoms with van der Waals surface area (Å²) >= 11 is 0. The van der Waals surface area contributed by atoms with Crippen LogP contribution in [0, 0.1) is 0 Å². The zero-order valence-electron chi connectivity index (χ0n) is 26.6. The maximum atomic E-state index is 5.95. The summed E-state index contributed by atoms with van der Waals surface area (Å²) in [6.07, 6.45) is 15.3. The van der Waals surface area contributed by atoms with Gasteiger partial charge in [-0.1, -0.05) is 73.0 Å². The molecule has 0 amide bonds. The fourth-order valence-corrected chi connectivity index (χ4v) is 16.2. The lowest BCUT2D eigenvalue weighted by atomic mass is 10.1. The van der Waals surface area contributed by atoms with Crippen molar-refractivity contribution >= 4 is 58.8 Å². The van der Waals surface area contributed by atoms with Crippen LogP contribution < -0.4 is 0 Å². The second-order valence-electron chi connectivity index (χ2n) is 9.49. The van der Waals surface area contributed by atoms with Crippen LogP contribution in [0.2, 0.25) is 12.1 Å². The molecule has 0 unspecified atom stereocenters. The molecule has 0 aromatic rings. The topological polar surface area (TPSA) is 55.4 Å². The number of rotatable bonds is 33. The van der Waals surface area contributed by atoms with Crippen molar-refractivity contribution in [3.8, 4) is 0 Å². The Labute approximate surface area is 265 Å². The Kier molecular flexibility index (Phi) is 31.8. The average Bonchev–Trinajstić information content (AvgIpc) is 2.93. The minimum atomic E-state index is -2.44. The van der Waals surface area contributed by atoms with Crippen molar-refractivity contribution in [3.05, 3.63) is 0 Å². The van der Waals surface area contributed by atoms with Crippen LogP contribution in [0.1, 0.15) is 119 Å². The Hall–Kier alpha value is 1.59. The molecule has 0 rings (SSSR count). The predicted molar refractivity (Wildman–Crippen MR) is 186 cm³/mol. The molecule has 40 heavy (non-hydrogen) atoms. The summed E-state index contributed by atoms with van der Waals surface area (Å²) in [4.78, 5) is 0. The van der Waals surface area contributed by atoms with Gasteiger partial charge < -0.3 is 26.6 Å². The van der Waals surface area contributed by atoms with Crippen molar-refractivity contribution in [1.29, 1.82) is 0 Å². The van der Waals surface area contributed by atoms with Gasteiger partial charge in [-0.3, -0.25) is 0 Å². The van der Waals surface area contributed by atoms with Gasteiger partial charge in [0.05, 0.1) is 0 Å². The zero-order valence-corrected chi connectivity index (χ0v) is 31.9. The van der Waals surface area contributed by atoms with E-state index in [9.17, 15) is 0 Å². The number of hydrogen-bond donors (Lipinski definition) is 0. The highest BCUT2D eigenvalue weighted by Gasteiger charge is 2.40. The van der Waals surface area contributed by atoms with Crippen LogP contribution in [0.5, 0.6) is 0 Å². The summed E-state index contributed by atoms with van der Waals surface area (Å²) in [5.74, 6) is 2.51. The first-order chi connectivity index (χ1) is 19.6. The molecule has 0 saturated carbocycles. The predicted octanol–water partition coefficient (Wildman–Crippen LogP) is 10.4. The molecular weight excluding hydrogens is 617 g/mol. The van der Waals surface area contributed by atoms with Gasteiger partial charge in [0.2, 0.25) is 0 Å². The number of unbranched alkanes of at least 4 members (excludes halogenated alkanes) is 10. The smallest absolute Gasteiger partial charge is 0.374 e. The molecule has 6 nitrogen and oxygen atoms in total. The highest BCUT2D eigenvalue weighted by molar-refractivity contribution is 9.26. The van der Waals surface area contributed by atoms with Crippen molar-refractivity contribution in [2.45, 2.75) is 131 Å². The van der Waals surface area contributed by atoms with Gasteiger partial charge >= 0.3 is 17.6 Å². The van der Waals surface area contributed by atoms with Crippen molar-refractivity contribution in [2.24, 2.45) is 0 Å². The summed E-state index contributed by atoms with van der Waals surface area (Å²) in [6.45, 7) is 16.2. The molecule has 0 aliphatic rings. The van der Waals surface area contributed by atoms with E-state index in [0.717, 1.165) is 24.9 Å². The molecule has 0 atom stereocenters. The van der Waals surface area contributed by atoms with Crippen LogP contribution in [0.15, 0.2) is 0 Å². The fraction of sp³-hybridized carbons (Fsp3) is 1.00. The molecule has 0 N–H and O–H groups in total. The molecule has 0 aromatic heterocycles. The van der Waals surface area contributed by atoms with Crippen molar-refractivity contribution in [2.75, 3.05) is 51.1 Å². The first kappa shape index (κ1) is 41.6. The third kappa shape index (κ3) is 23.0. The Morgan fingerprint density at radius 2 is 0.600 bits per heavy atom. The van der Waals surface area contributed by atoms with Gasteiger partial charge in [0, 0.05) is 63.2 Å². The highest BCUT2D eigenvalue weighted by Crippen LogP contribution is 2.43. The van der Waals surface area contributed by atoms with Crippen molar-refractivity contribution in [3.63, 3.8) is 0 Å². The fourth-order valence-electron chi connectivity index (χ4n) is 4.53. The van der Waals surface area contributed by atoms with Crippen molar-refractivity contribution in [1.82, 2.24) is 0 Å². The summed E-state index contributed by atoms with van der Waals surface area (Å²) in [6, 6.07) is 1.90. The van der Waals surface area contributed by atoms with E-state index in [2.05, 4.69) is 0 Å². The summed E-state index contributed by atoms with van der Waals surface area (Å²) in [7, 11) is 3.07. The van der Waals surface area contributed by atoms with E-state index in [-0.39, 0.29) is 0 Å². The van der Waals surface area contributed by atoms with Gasteiger partial charge in [0.15, 0.2) is 0 Å². The normalized spacial score (nSPS) is 12.4. The van der Waals surface area contributed by atoms with Gasteiger partial charge in [-0.05, 0) is 86.9 Å². The minimum Gasteiger partial charge on any atom is -0.374 e. The van der Waals surface area contributed by atoms with Gasteiger partial charge in [0.1, 0.15) is 0 Å². The van der Waals surface area contributed by atoms with E-state index in [1.165, 1.54) is 75.7 Å². The lowest BCUT2D eigenvalue weighted by molar-refractivity contribution is 0.0698. The number of hydrogen-bond acceptors (Lipinski definition) is 10. The van der Waals surface area contributed by atoms with Gasteiger partial charge in [0.25, 0.3) is 0 Å². The van der Waals surface area contributed by atoms with E-state index in [4.69, 9.17) is 26.6 Å². The van der Waals surface area contributed by atoms with Crippen LogP contribution >= 0.6 is 41.2 Å². The SMILES string of the molecule is CCO[Si](CCCCCCCCSSSSCCCCCCCC[Si](OCC)(OCC)OCC)(OCC)OCC. The van der Waals surface area contributed by atoms with Crippen LogP contribution in [0.25, 0.3) is 0 Å². The molecule has 0 saturated heterocycles. The Bertz CT molecular complexity index is 451. The lowest BCUT2D eigenvalue weighted by Crippen LogP contribution is -2.45. The van der Waals surface area contributed by atoms with E-state index >= 15 is 0 Å². The van der Waals surface area contributed by atoms with E-state index in [1.54, 1.807) is 0 Å². The lowest BCUT2D eigenvalue weighted by Gasteiger charge is -2.28. The van der Waals surface area contributed by atoms with Crippen LogP contribution in [-0.2, 0) is 26.6 Å². The molecule has 0 aromatic carbocycles. The molecule has 0 fully saturated rings. The summed E-state index contributed by atoms with van der Waals surface area (Å²) < 4.78 is 35.7. The third-order valence-corrected chi connectivity index (χ3v) is 19.2. The maximum absolute atomic E-state index is 5.95. The maximum Gasteiger partial charge on any atom is 0.500 e. The van der Waals surface area contributed by atoms with E-state index < -0.39 is 17.6 Å². The molecular formula is C28H62O6S4Si2. The molecule has 0 bridgehead atoms. The summed E-state index contributed by atoms with van der Waals surface area (Å²) in [5.41, 5.74) is 0. The second-order valence-corrected chi connectivity index (χ2v) is 21.2. The van der Waals surface area contributed by atoms with Crippen LogP contribution in [0.3, 0.4) is 0 Å². The molecule has 242 valence electrons. The second kappa shape index (κ2) is 30.6. The van der Waals surface area contributed by atoms with Crippen LogP contribution in [0.4, 0.5) is 0 Å². The highest BCUT2D eigenvalue weighted by atomic mass is 33.7. The third-order valence-electron chi connectivity index (χ3n) is 6.23. The van der Waals surface area contributed by atoms with Gasteiger partial charge in [-0.25, -0.2) is 0 Å². The Morgan fingerprint density at radius 1 is 0.350 bits per heavy atom. The molecule has 0 heterocycles. The standard InChI is InChI=1S/C28H62O6S4Si2/c1-7-29-39(30-8-2,31-9-3)27-23-19-15-13-17-21-25-35-37-38-36-26-22-18-14-16-20-24-28-40(32-10-4,33-11-5)34-12-6/h7-28H2,1-6H3. The monoisotopic (exact) mass is 678 g/mol. The van der Waals surface area contributed by atoms with Crippen molar-refractivity contribution < 1.29 is 26.6 Å². The molecule has 0 aliphatic carbocycles. The summed E-state index contributed by atoms with van der Waals surface area (Å²) in [5, 5.41) is 0. The average molecular weight is 679 g/mol. The zero-order chi connectivity index (χ0) is 29.6. The Balaban J connectivity index is 3.54. The molecule has 0 spiro atoms. The van der Waals surface area contributed by atoms with Gasteiger partial charge in [-0.2, -0.15) is 0 Å². The first-order valence-electron chi connectivity index (χ1n) is 16.0. The van der Waals surface area contributed by atoms with E-state index in [1.807, 2.05) is 82.8 Å². The largest absolute Gasteiger partial charge is 0.500 e. The Morgan fingerprint density at radius 3 is 0.875 bits per heavy atom. The molecule has 0 aliphatic heterocycles. The van der Waals surface area contributed by atoms with Crippen LogP contribution in [-0.4, -0.2) is 68.8 Å². The minimum absolute atomic E-state index is 0.669. The first-order valence-corrected chi connectivity index (χ1v) is 25.0. The van der Waals surface area contributed by atoms with Gasteiger partial charge in [-0.15, -0.1) is 0 Å². The molecule has 12 heteroatoms. The van der Waals surface area contributed by atoms with E-state index in [0.29, 0.717) is 39.6 Å². The molecule has 0 radical (unpaired) electrons. The quantitative estimate of drug-likeness (QED) is 0.0381.